The first-order chi connectivity index (χ1) is 14.8. The Hall–Kier alpha value is -2.11. The highest BCUT2D eigenvalue weighted by molar-refractivity contribution is 5.97. The number of rotatable bonds is 6. The SMILES string of the molecule is CC1(C)[C@H]2CC[C@H](COc3cc(F)c(C(=O)N4CCC[C@H]4C(=O)O)cc3C3CC3)[C@@H]1C2. The van der Waals surface area contributed by atoms with E-state index >= 15 is 4.39 Å². The van der Waals surface area contributed by atoms with Gasteiger partial charge in [-0.05, 0) is 85.7 Å². The van der Waals surface area contributed by atoms with Gasteiger partial charge in [0.05, 0.1) is 12.2 Å². The van der Waals surface area contributed by atoms with Gasteiger partial charge in [-0.3, -0.25) is 4.79 Å². The molecule has 5 nitrogen and oxygen atoms in total. The predicted octanol–water partition coefficient (Wildman–Crippen LogP) is 4.84. The average molecular weight is 430 g/mol. The molecule has 6 heteroatoms. The normalized spacial score (nSPS) is 31.3. The maximum Gasteiger partial charge on any atom is 0.326 e. The third kappa shape index (κ3) is 3.52. The summed E-state index contributed by atoms with van der Waals surface area (Å²) in [7, 11) is 0. The largest absolute Gasteiger partial charge is 0.493 e. The number of carbonyl (C=O) groups is 2. The molecule has 31 heavy (non-hydrogen) atoms. The molecular formula is C25H32FNO4. The summed E-state index contributed by atoms with van der Waals surface area (Å²) >= 11 is 0. The lowest BCUT2D eigenvalue weighted by Crippen LogP contribution is -2.53. The third-order valence-corrected chi connectivity index (χ3v) is 8.60. The van der Waals surface area contributed by atoms with Crippen molar-refractivity contribution in [2.75, 3.05) is 13.2 Å². The molecule has 1 heterocycles. The summed E-state index contributed by atoms with van der Waals surface area (Å²) < 4.78 is 21.3. The average Bonchev–Trinajstić information content (AvgIpc) is 3.46. The summed E-state index contributed by atoms with van der Waals surface area (Å²) in [6.45, 7) is 5.67. The highest BCUT2D eigenvalue weighted by atomic mass is 19.1. The molecule has 1 saturated heterocycles. The van der Waals surface area contributed by atoms with Crippen molar-refractivity contribution < 1.29 is 23.8 Å². The predicted molar refractivity (Wildman–Crippen MR) is 114 cm³/mol. The second-order valence-electron chi connectivity index (χ2n) is 10.6. The first kappa shape index (κ1) is 20.8. The van der Waals surface area contributed by atoms with Crippen LogP contribution >= 0.6 is 0 Å². The zero-order valence-corrected chi connectivity index (χ0v) is 18.4. The molecule has 5 fully saturated rings. The van der Waals surface area contributed by atoms with Crippen LogP contribution in [0, 0.1) is 29.0 Å². The number of carboxylic acids is 1. The van der Waals surface area contributed by atoms with Crippen molar-refractivity contribution in [2.24, 2.45) is 23.2 Å². The number of halogens is 1. The minimum Gasteiger partial charge on any atom is -0.493 e. The molecule has 5 aliphatic rings. The number of likely N-dealkylation sites (tertiary alicyclic amines) is 1. The van der Waals surface area contributed by atoms with Crippen LogP contribution in [0.25, 0.3) is 0 Å². The van der Waals surface area contributed by atoms with Gasteiger partial charge in [-0.15, -0.1) is 0 Å². The number of hydrogen-bond acceptors (Lipinski definition) is 3. The molecule has 2 bridgehead atoms. The van der Waals surface area contributed by atoms with Gasteiger partial charge in [-0.1, -0.05) is 13.8 Å². The van der Waals surface area contributed by atoms with E-state index in [0.717, 1.165) is 24.3 Å². The van der Waals surface area contributed by atoms with Crippen LogP contribution in [0.4, 0.5) is 4.39 Å². The molecular weight excluding hydrogens is 397 g/mol. The Bertz CT molecular complexity index is 907. The van der Waals surface area contributed by atoms with Gasteiger partial charge in [0.2, 0.25) is 0 Å². The van der Waals surface area contributed by atoms with Crippen LogP contribution in [-0.2, 0) is 4.79 Å². The summed E-state index contributed by atoms with van der Waals surface area (Å²) in [6.07, 6.45) is 6.76. The van der Waals surface area contributed by atoms with Gasteiger partial charge in [-0.25, -0.2) is 9.18 Å². The molecule has 1 aromatic carbocycles. The smallest absolute Gasteiger partial charge is 0.326 e. The molecule has 4 saturated carbocycles. The minimum atomic E-state index is -1.03. The number of fused-ring (bicyclic) bond motifs is 2. The number of carboxylic acid groups (broad SMARTS) is 1. The number of benzene rings is 1. The van der Waals surface area contributed by atoms with E-state index in [2.05, 4.69) is 13.8 Å². The highest BCUT2D eigenvalue weighted by Gasteiger charge is 2.54. The molecule has 0 unspecified atom stereocenters. The second-order valence-corrected chi connectivity index (χ2v) is 10.6. The van der Waals surface area contributed by atoms with Crippen molar-refractivity contribution >= 4 is 11.9 Å². The molecule has 1 N–H and O–H groups in total. The summed E-state index contributed by atoms with van der Waals surface area (Å²) in [4.78, 5) is 25.8. The van der Waals surface area contributed by atoms with E-state index in [0.29, 0.717) is 54.9 Å². The maximum absolute atomic E-state index is 15.0. The van der Waals surface area contributed by atoms with Gasteiger partial charge >= 0.3 is 5.97 Å². The van der Waals surface area contributed by atoms with Crippen LogP contribution in [-0.4, -0.2) is 41.1 Å². The van der Waals surface area contributed by atoms with Crippen LogP contribution in [0.3, 0.4) is 0 Å². The van der Waals surface area contributed by atoms with Crippen molar-refractivity contribution in [1.82, 2.24) is 4.90 Å². The molecule has 1 amide bonds. The molecule has 4 aliphatic carbocycles. The Morgan fingerprint density at radius 2 is 1.97 bits per heavy atom. The molecule has 0 radical (unpaired) electrons. The van der Waals surface area contributed by atoms with Crippen molar-refractivity contribution in [3.8, 4) is 5.75 Å². The topological polar surface area (TPSA) is 66.8 Å². The lowest BCUT2D eigenvalue weighted by Gasteiger charge is -2.60. The van der Waals surface area contributed by atoms with E-state index < -0.39 is 23.7 Å². The number of nitrogens with zero attached hydrogens (tertiary/aromatic N) is 1. The van der Waals surface area contributed by atoms with E-state index in [1.165, 1.54) is 30.2 Å². The third-order valence-electron chi connectivity index (χ3n) is 8.60. The number of aliphatic carboxylic acids is 1. The van der Waals surface area contributed by atoms with Crippen molar-refractivity contribution in [3.63, 3.8) is 0 Å². The lowest BCUT2D eigenvalue weighted by molar-refractivity contribution is -0.141. The molecule has 1 aromatic rings. The highest BCUT2D eigenvalue weighted by Crippen LogP contribution is 2.61. The Morgan fingerprint density at radius 1 is 1.19 bits per heavy atom. The summed E-state index contributed by atoms with van der Waals surface area (Å²) in [6, 6.07) is 2.13. The molecule has 4 atom stereocenters. The fraction of sp³-hybridized carbons (Fsp3) is 0.680. The van der Waals surface area contributed by atoms with Gasteiger partial charge in [0.15, 0.2) is 0 Å². The fourth-order valence-corrected chi connectivity index (χ4v) is 6.35. The van der Waals surface area contributed by atoms with Crippen LogP contribution in [0.1, 0.15) is 80.6 Å². The van der Waals surface area contributed by atoms with E-state index in [-0.39, 0.29) is 5.56 Å². The standard InChI is InChI=1S/C25H32FNO4/c1-25(2)16-8-7-15(19(25)10-16)13-31-22-12-20(26)18(11-17(22)14-5-6-14)23(28)27-9-3-4-21(27)24(29)30/h11-12,14-16,19,21H,3-10,13H2,1-2H3,(H,29,30)/t15-,16+,19+,21+/m1/s1. The zero-order valence-electron chi connectivity index (χ0n) is 18.4. The molecule has 6 rings (SSSR count). The van der Waals surface area contributed by atoms with Crippen LogP contribution in [0.5, 0.6) is 5.75 Å². The maximum atomic E-state index is 15.0. The Labute approximate surface area is 182 Å². The molecule has 0 spiro atoms. The van der Waals surface area contributed by atoms with Gasteiger partial charge in [0, 0.05) is 12.6 Å². The Kier molecular flexibility index (Phi) is 5.02. The van der Waals surface area contributed by atoms with Crippen LogP contribution < -0.4 is 4.74 Å². The van der Waals surface area contributed by atoms with Gasteiger partial charge in [0.1, 0.15) is 17.6 Å². The monoisotopic (exact) mass is 429 g/mol. The summed E-state index contributed by atoms with van der Waals surface area (Å²) in [5, 5.41) is 9.39. The van der Waals surface area contributed by atoms with Crippen molar-refractivity contribution in [3.05, 3.63) is 29.1 Å². The first-order valence-corrected chi connectivity index (χ1v) is 11.8. The summed E-state index contributed by atoms with van der Waals surface area (Å²) in [5.74, 6) is 0.695. The van der Waals surface area contributed by atoms with E-state index in [4.69, 9.17) is 4.74 Å². The summed E-state index contributed by atoms with van der Waals surface area (Å²) in [5.41, 5.74) is 1.25. The zero-order chi connectivity index (χ0) is 21.9. The van der Waals surface area contributed by atoms with Gasteiger partial charge in [-0.2, -0.15) is 0 Å². The quantitative estimate of drug-likeness (QED) is 0.702. The second kappa shape index (κ2) is 7.49. The first-order valence-electron chi connectivity index (χ1n) is 11.8. The van der Waals surface area contributed by atoms with Crippen LogP contribution in [0.2, 0.25) is 0 Å². The number of ether oxygens (including phenoxy) is 1. The van der Waals surface area contributed by atoms with E-state index in [1.807, 2.05) is 0 Å². The van der Waals surface area contributed by atoms with E-state index in [9.17, 15) is 14.7 Å². The Balaban J connectivity index is 1.35. The number of carbonyl (C=O) groups excluding carboxylic acids is 1. The van der Waals surface area contributed by atoms with E-state index in [1.54, 1.807) is 6.07 Å². The van der Waals surface area contributed by atoms with Gasteiger partial charge in [0.25, 0.3) is 5.91 Å². The Morgan fingerprint density at radius 3 is 2.61 bits per heavy atom. The van der Waals surface area contributed by atoms with Crippen molar-refractivity contribution in [2.45, 2.75) is 70.8 Å². The van der Waals surface area contributed by atoms with Gasteiger partial charge < -0.3 is 14.7 Å². The molecule has 0 aromatic heterocycles. The molecule has 168 valence electrons. The number of amides is 1. The van der Waals surface area contributed by atoms with Crippen molar-refractivity contribution in [1.29, 1.82) is 0 Å². The minimum absolute atomic E-state index is 0.0250. The fourth-order valence-electron chi connectivity index (χ4n) is 6.35. The number of hydrogen-bond donors (Lipinski definition) is 1. The van der Waals surface area contributed by atoms with Crippen LogP contribution in [0.15, 0.2) is 12.1 Å². The lowest BCUT2D eigenvalue weighted by atomic mass is 9.46. The molecule has 1 aliphatic heterocycles.